The molecule has 0 radical (unpaired) electrons. The van der Waals surface area contributed by atoms with Crippen LogP contribution in [-0.2, 0) is 0 Å². The van der Waals surface area contributed by atoms with Gasteiger partial charge in [-0.3, -0.25) is 0 Å². The Morgan fingerprint density at radius 1 is 0.382 bits per heavy atom. The fourth-order valence-corrected chi connectivity index (χ4v) is 8.42. The van der Waals surface area contributed by atoms with Crippen LogP contribution >= 0.6 is 0 Å². The molecule has 0 saturated carbocycles. The van der Waals surface area contributed by atoms with Gasteiger partial charge in [0.15, 0.2) is 0 Å². The molecule has 0 aliphatic carbocycles. The van der Waals surface area contributed by atoms with Crippen molar-refractivity contribution in [3.63, 3.8) is 0 Å². The normalized spacial score (nSPS) is 11.6. The molecular formula is C52H34N2O. The Kier molecular flexibility index (Phi) is 7.17. The zero-order valence-corrected chi connectivity index (χ0v) is 29.9. The summed E-state index contributed by atoms with van der Waals surface area (Å²) in [7, 11) is 0. The molecule has 0 spiro atoms. The summed E-state index contributed by atoms with van der Waals surface area (Å²) in [6, 6.07) is 74.0. The van der Waals surface area contributed by atoms with Crippen molar-refractivity contribution in [2.24, 2.45) is 0 Å². The van der Waals surface area contributed by atoms with E-state index in [9.17, 15) is 0 Å². The SMILES string of the molecule is c1ccc(-c2ccccc2N(c2ccc(-c3ccc4cc5c(cc4c3)oc3ccccc35)cc2)c2cccc3c4ccccc4n(-c4ccccc4)c23)cc1. The van der Waals surface area contributed by atoms with E-state index in [0.717, 1.165) is 72.3 Å². The third-order valence-electron chi connectivity index (χ3n) is 11.0. The number of para-hydroxylation sites is 5. The van der Waals surface area contributed by atoms with Crippen molar-refractivity contribution in [2.45, 2.75) is 0 Å². The van der Waals surface area contributed by atoms with Crippen molar-refractivity contribution in [3.8, 4) is 27.9 Å². The Labute approximate surface area is 318 Å². The molecule has 258 valence electrons. The Bertz CT molecular complexity index is 3190. The second kappa shape index (κ2) is 12.6. The molecular weight excluding hydrogens is 669 g/mol. The van der Waals surface area contributed by atoms with E-state index in [4.69, 9.17) is 4.42 Å². The maximum absolute atomic E-state index is 6.25. The molecule has 3 heteroatoms. The van der Waals surface area contributed by atoms with Gasteiger partial charge in [0.25, 0.3) is 0 Å². The first-order valence-corrected chi connectivity index (χ1v) is 18.8. The summed E-state index contributed by atoms with van der Waals surface area (Å²) >= 11 is 0. The second-order valence-corrected chi connectivity index (χ2v) is 14.1. The number of anilines is 3. The molecule has 0 fully saturated rings. The third-order valence-corrected chi connectivity index (χ3v) is 11.0. The van der Waals surface area contributed by atoms with Gasteiger partial charge in [-0.15, -0.1) is 0 Å². The van der Waals surface area contributed by atoms with E-state index in [2.05, 4.69) is 204 Å². The smallest absolute Gasteiger partial charge is 0.136 e. The lowest BCUT2D eigenvalue weighted by molar-refractivity contribution is 0.669. The molecule has 0 amide bonds. The largest absolute Gasteiger partial charge is 0.456 e. The predicted molar refractivity (Wildman–Crippen MR) is 231 cm³/mol. The minimum Gasteiger partial charge on any atom is -0.456 e. The summed E-state index contributed by atoms with van der Waals surface area (Å²) in [6.45, 7) is 0. The molecule has 2 heterocycles. The number of furan rings is 1. The molecule has 0 N–H and O–H groups in total. The van der Waals surface area contributed by atoms with E-state index in [0.29, 0.717) is 0 Å². The lowest BCUT2D eigenvalue weighted by atomic mass is 9.98. The van der Waals surface area contributed by atoms with Crippen LogP contribution in [0.1, 0.15) is 0 Å². The van der Waals surface area contributed by atoms with Crippen LogP contribution in [-0.4, -0.2) is 4.57 Å². The van der Waals surface area contributed by atoms with Gasteiger partial charge in [-0.25, -0.2) is 0 Å². The first-order valence-electron chi connectivity index (χ1n) is 18.8. The minimum absolute atomic E-state index is 0.913. The Balaban J connectivity index is 1.11. The van der Waals surface area contributed by atoms with Gasteiger partial charge >= 0.3 is 0 Å². The van der Waals surface area contributed by atoms with Gasteiger partial charge < -0.3 is 13.9 Å². The van der Waals surface area contributed by atoms with E-state index in [-0.39, 0.29) is 0 Å². The first-order chi connectivity index (χ1) is 27.3. The standard InChI is InChI=1S/C52H34N2O/c1-3-14-36(15-4-1)42-18-7-10-22-47(42)53(49-24-13-21-45-43-19-8-11-23-48(43)54(52(45)49)40-16-5-2-6-17-40)41-30-28-35(29-31-41)37-26-27-38-33-46-44-20-9-12-25-50(44)55-51(46)34-39(38)32-37/h1-34H. The van der Waals surface area contributed by atoms with Crippen LogP contribution in [0.15, 0.2) is 211 Å². The van der Waals surface area contributed by atoms with Crippen molar-refractivity contribution in [3.05, 3.63) is 206 Å². The predicted octanol–water partition coefficient (Wildman–Crippen LogP) is 14.6. The summed E-state index contributed by atoms with van der Waals surface area (Å²) in [6.07, 6.45) is 0. The molecule has 11 rings (SSSR count). The molecule has 2 aromatic heterocycles. The van der Waals surface area contributed by atoms with Crippen molar-refractivity contribution in [2.75, 3.05) is 4.90 Å². The van der Waals surface area contributed by atoms with Gasteiger partial charge in [-0.1, -0.05) is 140 Å². The van der Waals surface area contributed by atoms with Crippen molar-refractivity contribution < 1.29 is 4.42 Å². The number of aromatic nitrogens is 1. The van der Waals surface area contributed by atoms with Gasteiger partial charge in [-0.05, 0) is 94.2 Å². The van der Waals surface area contributed by atoms with Crippen LogP contribution in [0.4, 0.5) is 17.1 Å². The van der Waals surface area contributed by atoms with Crippen LogP contribution in [0.3, 0.4) is 0 Å². The molecule has 55 heavy (non-hydrogen) atoms. The van der Waals surface area contributed by atoms with Crippen LogP contribution in [0.25, 0.3) is 82.5 Å². The van der Waals surface area contributed by atoms with Gasteiger partial charge in [0.2, 0.25) is 0 Å². The molecule has 0 atom stereocenters. The minimum atomic E-state index is 0.913. The van der Waals surface area contributed by atoms with E-state index < -0.39 is 0 Å². The van der Waals surface area contributed by atoms with Crippen molar-refractivity contribution in [1.82, 2.24) is 4.57 Å². The molecule has 0 aliphatic heterocycles. The fraction of sp³-hybridized carbons (Fsp3) is 0. The highest BCUT2D eigenvalue weighted by atomic mass is 16.3. The lowest BCUT2D eigenvalue weighted by Gasteiger charge is -2.29. The van der Waals surface area contributed by atoms with Crippen LogP contribution in [0, 0.1) is 0 Å². The Hall–Kier alpha value is -7.36. The fourth-order valence-electron chi connectivity index (χ4n) is 8.42. The van der Waals surface area contributed by atoms with Crippen LogP contribution in [0.2, 0.25) is 0 Å². The Morgan fingerprint density at radius 3 is 1.91 bits per heavy atom. The summed E-state index contributed by atoms with van der Waals surface area (Å²) in [5.74, 6) is 0. The van der Waals surface area contributed by atoms with E-state index in [1.54, 1.807) is 0 Å². The van der Waals surface area contributed by atoms with E-state index >= 15 is 0 Å². The number of benzene rings is 9. The molecule has 9 aromatic carbocycles. The van der Waals surface area contributed by atoms with Gasteiger partial charge in [0, 0.05) is 38.5 Å². The van der Waals surface area contributed by atoms with E-state index in [1.807, 2.05) is 12.1 Å². The summed E-state index contributed by atoms with van der Waals surface area (Å²) in [4.78, 5) is 2.44. The highest BCUT2D eigenvalue weighted by Gasteiger charge is 2.23. The monoisotopic (exact) mass is 702 g/mol. The Morgan fingerprint density at radius 2 is 1.05 bits per heavy atom. The number of hydrogen-bond donors (Lipinski definition) is 0. The van der Waals surface area contributed by atoms with Crippen molar-refractivity contribution >= 4 is 71.6 Å². The quantitative estimate of drug-likeness (QED) is 0.172. The summed E-state index contributed by atoms with van der Waals surface area (Å²) in [5.41, 5.74) is 13.3. The van der Waals surface area contributed by atoms with Crippen LogP contribution < -0.4 is 4.90 Å². The van der Waals surface area contributed by atoms with Gasteiger partial charge in [-0.2, -0.15) is 0 Å². The van der Waals surface area contributed by atoms with Gasteiger partial charge in [0.1, 0.15) is 11.2 Å². The molecule has 0 bridgehead atoms. The molecule has 0 unspecified atom stereocenters. The maximum Gasteiger partial charge on any atom is 0.136 e. The summed E-state index contributed by atoms with van der Waals surface area (Å²) < 4.78 is 8.67. The topological polar surface area (TPSA) is 21.3 Å². The second-order valence-electron chi connectivity index (χ2n) is 14.1. The van der Waals surface area contributed by atoms with E-state index in [1.165, 1.54) is 27.2 Å². The van der Waals surface area contributed by atoms with Gasteiger partial charge in [0.05, 0.1) is 22.4 Å². The number of hydrogen-bond acceptors (Lipinski definition) is 2. The number of nitrogens with zero attached hydrogens (tertiary/aromatic N) is 2. The zero-order valence-electron chi connectivity index (χ0n) is 29.9. The number of rotatable bonds is 6. The lowest BCUT2D eigenvalue weighted by Crippen LogP contribution is -2.12. The molecule has 0 saturated heterocycles. The van der Waals surface area contributed by atoms with Crippen LogP contribution in [0.5, 0.6) is 0 Å². The average molecular weight is 703 g/mol. The van der Waals surface area contributed by atoms with Crippen molar-refractivity contribution in [1.29, 1.82) is 0 Å². The zero-order chi connectivity index (χ0) is 36.3. The molecule has 0 aliphatic rings. The maximum atomic E-state index is 6.25. The highest BCUT2D eigenvalue weighted by Crippen LogP contribution is 2.46. The first kappa shape index (κ1) is 31.2. The number of fused-ring (bicyclic) bond motifs is 7. The third kappa shape index (κ3) is 5.13. The molecule has 11 aromatic rings. The summed E-state index contributed by atoms with van der Waals surface area (Å²) in [5, 5.41) is 7.10. The average Bonchev–Trinajstić information content (AvgIpc) is 3.79. The molecule has 3 nitrogen and oxygen atoms in total. The highest BCUT2D eigenvalue weighted by molar-refractivity contribution is 6.15.